The molecular weight excluding hydrogens is 304 g/mol. The first-order chi connectivity index (χ1) is 11.6. The second-order valence-electron chi connectivity index (χ2n) is 6.17. The van der Waals surface area contributed by atoms with Crippen LogP contribution in [0.25, 0.3) is 0 Å². The van der Waals surface area contributed by atoms with Gasteiger partial charge in [-0.1, -0.05) is 12.8 Å². The summed E-state index contributed by atoms with van der Waals surface area (Å²) >= 11 is 0. The van der Waals surface area contributed by atoms with Crippen molar-refractivity contribution in [1.82, 2.24) is 4.90 Å². The van der Waals surface area contributed by atoms with Crippen molar-refractivity contribution in [2.24, 2.45) is 0 Å². The van der Waals surface area contributed by atoms with Crippen molar-refractivity contribution in [1.29, 1.82) is 0 Å². The number of nitrogens with one attached hydrogen (secondary N) is 1. The maximum Gasteiger partial charge on any atom is 0.291 e. The van der Waals surface area contributed by atoms with E-state index < -0.39 is 0 Å². The van der Waals surface area contributed by atoms with Crippen LogP contribution in [0, 0.1) is 6.92 Å². The van der Waals surface area contributed by atoms with E-state index in [1.165, 1.54) is 19.1 Å². The van der Waals surface area contributed by atoms with Crippen molar-refractivity contribution in [3.05, 3.63) is 53.5 Å². The zero-order chi connectivity index (χ0) is 16.9. The van der Waals surface area contributed by atoms with Crippen LogP contribution in [0.5, 0.6) is 0 Å². The van der Waals surface area contributed by atoms with E-state index in [-0.39, 0.29) is 11.8 Å². The van der Waals surface area contributed by atoms with Crippen molar-refractivity contribution in [3.63, 3.8) is 0 Å². The van der Waals surface area contributed by atoms with Crippen LogP contribution in [0.15, 0.2) is 41.0 Å². The van der Waals surface area contributed by atoms with E-state index in [0.717, 1.165) is 31.5 Å². The third-order valence-corrected chi connectivity index (χ3v) is 4.35. The summed E-state index contributed by atoms with van der Waals surface area (Å²) in [6, 6.07) is 8.77. The highest BCUT2D eigenvalue weighted by molar-refractivity contribution is 6.03. The van der Waals surface area contributed by atoms with Crippen molar-refractivity contribution in [2.45, 2.75) is 32.6 Å². The lowest BCUT2D eigenvalue weighted by Crippen LogP contribution is -2.31. The first kappa shape index (κ1) is 16.3. The molecule has 1 N–H and O–H groups in total. The maximum absolute atomic E-state index is 12.5. The number of rotatable bonds is 3. The molecule has 5 nitrogen and oxygen atoms in total. The Balaban J connectivity index is 1.65. The van der Waals surface area contributed by atoms with E-state index in [4.69, 9.17) is 4.42 Å². The molecule has 1 aliphatic rings. The zero-order valence-corrected chi connectivity index (χ0v) is 13.9. The molecule has 1 fully saturated rings. The molecule has 0 saturated carbocycles. The molecule has 5 heteroatoms. The normalized spacial score (nSPS) is 15.0. The highest BCUT2D eigenvalue weighted by Crippen LogP contribution is 2.17. The van der Waals surface area contributed by atoms with Gasteiger partial charge in [-0.15, -0.1) is 0 Å². The number of benzene rings is 1. The van der Waals surface area contributed by atoms with Crippen LogP contribution in [0.2, 0.25) is 0 Å². The molecule has 0 spiro atoms. The molecule has 1 aromatic heterocycles. The number of furan rings is 1. The second kappa shape index (κ2) is 7.34. The Labute approximate surface area is 141 Å². The van der Waals surface area contributed by atoms with E-state index in [1.54, 1.807) is 30.3 Å². The molecule has 2 amide bonds. The molecule has 0 aliphatic carbocycles. The van der Waals surface area contributed by atoms with Crippen LogP contribution in [0.4, 0.5) is 5.69 Å². The van der Waals surface area contributed by atoms with Gasteiger partial charge in [0.15, 0.2) is 5.76 Å². The average Bonchev–Trinajstić information content (AvgIpc) is 2.85. The van der Waals surface area contributed by atoms with Gasteiger partial charge in [0.2, 0.25) is 0 Å². The largest absolute Gasteiger partial charge is 0.459 e. The van der Waals surface area contributed by atoms with Crippen LogP contribution in [-0.4, -0.2) is 29.8 Å². The molecule has 2 aromatic rings. The second-order valence-corrected chi connectivity index (χ2v) is 6.17. The smallest absolute Gasteiger partial charge is 0.291 e. The SMILES string of the molecule is Cc1ccoc1C(=O)Nc1ccc(C(=O)N2CCCCCC2)cc1. The number of hydrogen-bond donors (Lipinski definition) is 1. The number of hydrogen-bond acceptors (Lipinski definition) is 3. The van der Waals surface area contributed by atoms with Crippen LogP contribution in [0.1, 0.15) is 52.2 Å². The Hall–Kier alpha value is -2.56. The minimum absolute atomic E-state index is 0.0663. The summed E-state index contributed by atoms with van der Waals surface area (Å²) in [6.45, 7) is 3.48. The lowest BCUT2D eigenvalue weighted by molar-refractivity contribution is 0.0761. The summed E-state index contributed by atoms with van der Waals surface area (Å²) < 4.78 is 5.18. The summed E-state index contributed by atoms with van der Waals surface area (Å²) in [4.78, 5) is 26.6. The van der Waals surface area contributed by atoms with Crippen molar-refractivity contribution in [3.8, 4) is 0 Å². The Bertz CT molecular complexity index is 710. The first-order valence-corrected chi connectivity index (χ1v) is 8.40. The van der Waals surface area contributed by atoms with Gasteiger partial charge in [-0.25, -0.2) is 0 Å². The van der Waals surface area contributed by atoms with Crippen LogP contribution >= 0.6 is 0 Å². The number of likely N-dealkylation sites (tertiary alicyclic amines) is 1. The van der Waals surface area contributed by atoms with Gasteiger partial charge in [0.25, 0.3) is 11.8 Å². The quantitative estimate of drug-likeness (QED) is 0.931. The fourth-order valence-electron chi connectivity index (χ4n) is 2.95. The molecule has 0 bridgehead atoms. The third-order valence-electron chi connectivity index (χ3n) is 4.35. The molecule has 2 heterocycles. The fourth-order valence-corrected chi connectivity index (χ4v) is 2.95. The highest BCUT2D eigenvalue weighted by atomic mass is 16.3. The van der Waals surface area contributed by atoms with Gasteiger partial charge < -0.3 is 14.6 Å². The summed E-state index contributed by atoms with van der Waals surface area (Å²) in [5.41, 5.74) is 2.09. The standard InChI is InChI=1S/C19H22N2O3/c1-14-10-13-24-17(14)18(22)20-16-8-6-15(7-9-16)19(23)21-11-4-2-3-5-12-21/h6-10,13H,2-5,11-12H2,1H3,(H,20,22). The molecule has 1 saturated heterocycles. The lowest BCUT2D eigenvalue weighted by atomic mass is 10.1. The van der Waals surface area contributed by atoms with Crippen LogP contribution in [0.3, 0.4) is 0 Å². The number of nitrogens with zero attached hydrogens (tertiary/aromatic N) is 1. The van der Waals surface area contributed by atoms with Gasteiger partial charge in [0.05, 0.1) is 6.26 Å². The predicted octanol–water partition coefficient (Wildman–Crippen LogP) is 3.86. The van der Waals surface area contributed by atoms with E-state index in [1.807, 2.05) is 11.8 Å². The van der Waals surface area contributed by atoms with Crippen molar-refractivity contribution in [2.75, 3.05) is 18.4 Å². The highest BCUT2D eigenvalue weighted by Gasteiger charge is 2.17. The Morgan fingerprint density at radius 3 is 2.25 bits per heavy atom. The van der Waals surface area contributed by atoms with E-state index in [2.05, 4.69) is 5.32 Å². The number of anilines is 1. The molecule has 126 valence electrons. The van der Waals surface area contributed by atoms with Crippen LogP contribution in [-0.2, 0) is 0 Å². The van der Waals surface area contributed by atoms with Crippen molar-refractivity contribution < 1.29 is 14.0 Å². The minimum Gasteiger partial charge on any atom is -0.459 e. The first-order valence-electron chi connectivity index (χ1n) is 8.40. The summed E-state index contributed by atoms with van der Waals surface area (Å²) in [7, 11) is 0. The summed E-state index contributed by atoms with van der Waals surface area (Å²) in [5.74, 6) is 0.0838. The number of amides is 2. The Kier molecular flexibility index (Phi) is 4.99. The lowest BCUT2D eigenvalue weighted by Gasteiger charge is -2.20. The maximum atomic E-state index is 12.5. The number of carbonyl (C=O) groups is 2. The van der Waals surface area contributed by atoms with Gasteiger partial charge in [0.1, 0.15) is 0 Å². The van der Waals surface area contributed by atoms with Gasteiger partial charge in [0, 0.05) is 29.9 Å². The predicted molar refractivity (Wildman–Crippen MR) is 92.2 cm³/mol. The van der Waals surface area contributed by atoms with Crippen molar-refractivity contribution >= 4 is 17.5 Å². The van der Waals surface area contributed by atoms with E-state index in [9.17, 15) is 9.59 Å². The van der Waals surface area contributed by atoms with E-state index >= 15 is 0 Å². The van der Waals surface area contributed by atoms with Gasteiger partial charge in [-0.05, 0) is 50.1 Å². The van der Waals surface area contributed by atoms with E-state index in [0.29, 0.717) is 17.0 Å². The molecular formula is C19H22N2O3. The number of carbonyl (C=O) groups excluding carboxylic acids is 2. The molecule has 24 heavy (non-hydrogen) atoms. The fraction of sp³-hybridized carbons (Fsp3) is 0.368. The molecule has 1 aliphatic heterocycles. The zero-order valence-electron chi connectivity index (χ0n) is 13.9. The molecule has 0 radical (unpaired) electrons. The monoisotopic (exact) mass is 326 g/mol. The third kappa shape index (κ3) is 3.67. The Morgan fingerprint density at radius 2 is 1.67 bits per heavy atom. The van der Waals surface area contributed by atoms with Gasteiger partial charge in [-0.3, -0.25) is 9.59 Å². The summed E-state index contributed by atoms with van der Waals surface area (Å²) in [5, 5.41) is 2.78. The molecule has 0 unspecified atom stereocenters. The molecule has 0 atom stereocenters. The topological polar surface area (TPSA) is 62.6 Å². The minimum atomic E-state index is -0.288. The average molecular weight is 326 g/mol. The van der Waals surface area contributed by atoms with Gasteiger partial charge >= 0.3 is 0 Å². The molecule has 3 rings (SSSR count). The van der Waals surface area contributed by atoms with Crippen LogP contribution < -0.4 is 5.32 Å². The van der Waals surface area contributed by atoms with Gasteiger partial charge in [-0.2, -0.15) is 0 Å². The Morgan fingerprint density at radius 1 is 1.00 bits per heavy atom. The molecule has 1 aromatic carbocycles. The number of aryl methyl sites for hydroxylation is 1. The summed E-state index contributed by atoms with van der Waals surface area (Å²) in [6.07, 6.45) is 6.03.